The maximum atomic E-state index is 13.2. The molecule has 7 heteroatoms. The molecule has 0 aliphatic heterocycles. The van der Waals surface area contributed by atoms with Gasteiger partial charge in [0.05, 0.1) is 24.2 Å². The average molecular weight is 299 g/mol. The number of aromatic nitrogens is 2. The van der Waals surface area contributed by atoms with Gasteiger partial charge in [0.15, 0.2) is 0 Å². The van der Waals surface area contributed by atoms with Crippen LogP contribution in [0.3, 0.4) is 0 Å². The van der Waals surface area contributed by atoms with Gasteiger partial charge in [-0.3, -0.25) is 0 Å². The third-order valence-electron chi connectivity index (χ3n) is 2.96. The van der Waals surface area contributed by atoms with E-state index >= 15 is 0 Å². The molecular formula is C14H16F3N3O. The molecule has 1 N–H and O–H groups in total. The average Bonchev–Trinajstić information content (AvgIpc) is 2.96. The summed E-state index contributed by atoms with van der Waals surface area (Å²) in [5, 5.41) is 3.02. The summed E-state index contributed by atoms with van der Waals surface area (Å²) in [7, 11) is 1.57. The van der Waals surface area contributed by atoms with Gasteiger partial charge >= 0.3 is 6.18 Å². The number of hydrogen-bond acceptors (Lipinski definition) is 3. The number of benzene rings is 1. The highest BCUT2D eigenvalue weighted by Gasteiger charge is 2.34. The lowest BCUT2D eigenvalue weighted by Gasteiger charge is -2.15. The first-order valence-corrected chi connectivity index (χ1v) is 6.40. The zero-order valence-corrected chi connectivity index (χ0v) is 11.5. The molecule has 21 heavy (non-hydrogen) atoms. The number of alkyl halides is 3. The highest BCUT2D eigenvalue weighted by atomic mass is 19.4. The van der Waals surface area contributed by atoms with Gasteiger partial charge in [0.1, 0.15) is 0 Å². The molecule has 0 amide bonds. The summed E-state index contributed by atoms with van der Waals surface area (Å²) in [6.07, 6.45) is -0.134. The van der Waals surface area contributed by atoms with Crippen molar-refractivity contribution in [2.75, 3.05) is 20.3 Å². The van der Waals surface area contributed by atoms with Gasteiger partial charge in [-0.15, -0.1) is 0 Å². The zero-order valence-electron chi connectivity index (χ0n) is 11.5. The Bertz CT molecular complexity index is 567. The molecule has 0 aliphatic rings. The quantitative estimate of drug-likeness (QED) is 0.833. The molecule has 4 nitrogen and oxygen atoms in total. The van der Waals surface area contributed by atoms with E-state index in [0.717, 1.165) is 6.07 Å². The second-order valence-corrected chi connectivity index (χ2v) is 4.49. The zero-order chi connectivity index (χ0) is 15.3. The Kier molecular flexibility index (Phi) is 4.98. The van der Waals surface area contributed by atoms with Crippen molar-refractivity contribution in [3.8, 4) is 5.69 Å². The maximum absolute atomic E-state index is 13.2. The molecule has 0 saturated heterocycles. The summed E-state index contributed by atoms with van der Waals surface area (Å²) < 4.78 is 45.8. The molecular weight excluding hydrogens is 283 g/mol. The molecule has 0 atom stereocenters. The predicted molar refractivity (Wildman–Crippen MR) is 72.1 cm³/mol. The third kappa shape index (κ3) is 4.05. The molecule has 2 aromatic rings. The van der Waals surface area contributed by atoms with Crippen LogP contribution >= 0.6 is 0 Å². The number of nitrogens with one attached hydrogen (secondary N) is 1. The van der Waals surface area contributed by atoms with E-state index in [1.807, 2.05) is 0 Å². The minimum Gasteiger partial charge on any atom is -0.383 e. The standard InChI is InChI=1S/C14H16F3N3O/c1-21-7-5-18-9-11-2-3-13(20-6-4-19-10-20)12(8-11)14(15,16)17/h2-4,6,8,10,18H,5,7,9H2,1H3. The fourth-order valence-electron chi connectivity index (χ4n) is 1.95. The molecule has 0 bridgehead atoms. The number of nitrogens with zero attached hydrogens (tertiary/aromatic N) is 2. The molecule has 1 heterocycles. The van der Waals surface area contributed by atoms with E-state index in [0.29, 0.717) is 25.3 Å². The largest absolute Gasteiger partial charge is 0.418 e. The van der Waals surface area contributed by atoms with Crippen molar-refractivity contribution < 1.29 is 17.9 Å². The van der Waals surface area contributed by atoms with Crippen molar-refractivity contribution in [1.82, 2.24) is 14.9 Å². The van der Waals surface area contributed by atoms with Gasteiger partial charge in [0.2, 0.25) is 0 Å². The Morgan fingerprint density at radius 1 is 1.33 bits per heavy atom. The van der Waals surface area contributed by atoms with E-state index < -0.39 is 11.7 Å². The van der Waals surface area contributed by atoms with Crippen molar-refractivity contribution >= 4 is 0 Å². The summed E-state index contributed by atoms with van der Waals surface area (Å²) in [6, 6.07) is 4.29. The van der Waals surface area contributed by atoms with Gasteiger partial charge in [0.25, 0.3) is 0 Å². The Balaban J connectivity index is 2.24. The molecule has 114 valence electrons. The number of ether oxygens (including phenoxy) is 1. The van der Waals surface area contributed by atoms with E-state index in [4.69, 9.17) is 4.74 Å². The van der Waals surface area contributed by atoms with Crippen LogP contribution in [0.2, 0.25) is 0 Å². The topological polar surface area (TPSA) is 39.1 Å². The van der Waals surface area contributed by atoms with Crippen LogP contribution in [0.4, 0.5) is 13.2 Å². The molecule has 0 fully saturated rings. The second kappa shape index (κ2) is 6.73. The van der Waals surface area contributed by atoms with Crippen LogP contribution < -0.4 is 5.32 Å². The summed E-state index contributed by atoms with van der Waals surface area (Å²) in [5.41, 5.74) is -0.0329. The van der Waals surface area contributed by atoms with Crippen LogP contribution in [0.1, 0.15) is 11.1 Å². The van der Waals surface area contributed by atoms with Gasteiger partial charge < -0.3 is 14.6 Å². The molecule has 2 rings (SSSR count). The van der Waals surface area contributed by atoms with E-state index in [-0.39, 0.29) is 5.69 Å². The fourth-order valence-corrected chi connectivity index (χ4v) is 1.95. The Hall–Kier alpha value is -1.86. The monoisotopic (exact) mass is 299 g/mol. The molecule has 0 radical (unpaired) electrons. The first-order valence-electron chi connectivity index (χ1n) is 6.40. The van der Waals surface area contributed by atoms with E-state index in [9.17, 15) is 13.2 Å². The highest BCUT2D eigenvalue weighted by Crippen LogP contribution is 2.34. The normalized spacial score (nSPS) is 11.8. The molecule has 0 aliphatic carbocycles. The smallest absolute Gasteiger partial charge is 0.383 e. The van der Waals surface area contributed by atoms with E-state index in [2.05, 4.69) is 10.3 Å². The number of imidazole rings is 1. The highest BCUT2D eigenvalue weighted by molar-refractivity contribution is 5.45. The molecule has 1 aromatic carbocycles. The number of rotatable bonds is 6. The van der Waals surface area contributed by atoms with Gasteiger partial charge in [0, 0.05) is 32.6 Å². The van der Waals surface area contributed by atoms with Crippen molar-refractivity contribution in [3.05, 3.63) is 48.0 Å². The lowest BCUT2D eigenvalue weighted by atomic mass is 10.1. The van der Waals surface area contributed by atoms with Gasteiger partial charge in [-0.05, 0) is 17.7 Å². The van der Waals surface area contributed by atoms with Crippen molar-refractivity contribution in [2.24, 2.45) is 0 Å². The van der Waals surface area contributed by atoms with Crippen LogP contribution in [-0.2, 0) is 17.5 Å². The minimum atomic E-state index is -4.41. The maximum Gasteiger partial charge on any atom is 0.418 e. The fraction of sp³-hybridized carbons (Fsp3) is 0.357. The summed E-state index contributed by atoms with van der Waals surface area (Å²) in [6.45, 7) is 1.46. The van der Waals surface area contributed by atoms with Crippen molar-refractivity contribution in [3.63, 3.8) is 0 Å². The van der Waals surface area contributed by atoms with Gasteiger partial charge in [-0.25, -0.2) is 4.98 Å². The minimum absolute atomic E-state index is 0.0700. The SMILES string of the molecule is COCCNCc1ccc(-n2ccnc2)c(C(F)(F)F)c1. The van der Waals surface area contributed by atoms with Crippen molar-refractivity contribution in [2.45, 2.75) is 12.7 Å². The van der Waals surface area contributed by atoms with Gasteiger partial charge in [-0.1, -0.05) is 6.07 Å². The predicted octanol–water partition coefficient (Wildman–Crippen LogP) is 2.63. The summed E-state index contributed by atoms with van der Waals surface area (Å²) in [5.74, 6) is 0. The Labute approximate surface area is 120 Å². The molecule has 0 saturated carbocycles. The summed E-state index contributed by atoms with van der Waals surface area (Å²) >= 11 is 0. The molecule has 1 aromatic heterocycles. The van der Waals surface area contributed by atoms with Crippen LogP contribution in [0.15, 0.2) is 36.9 Å². The van der Waals surface area contributed by atoms with Crippen LogP contribution in [0.25, 0.3) is 5.69 Å². The van der Waals surface area contributed by atoms with Crippen molar-refractivity contribution in [1.29, 1.82) is 0 Å². The number of methoxy groups -OCH3 is 1. The molecule has 0 unspecified atom stereocenters. The Morgan fingerprint density at radius 2 is 2.14 bits per heavy atom. The van der Waals surface area contributed by atoms with Crippen LogP contribution in [0.5, 0.6) is 0 Å². The van der Waals surface area contributed by atoms with Gasteiger partial charge in [-0.2, -0.15) is 13.2 Å². The third-order valence-corrected chi connectivity index (χ3v) is 2.96. The first kappa shape index (κ1) is 15.5. The lowest BCUT2D eigenvalue weighted by molar-refractivity contribution is -0.137. The van der Waals surface area contributed by atoms with E-state index in [1.165, 1.54) is 29.4 Å². The first-order chi connectivity index (χ1) is 10.0. The number of halogens is 3. The van der Waals surface area contributed by atoms with Crippen LogP contribution in [0, 0.1) is 0 Å². The van der Waals surface area contributed by atoms with E-state index in [1.54, 1.807) is 13.2 Å². The summed E-state index contributed by atoms with van der Waals surface area (Å²) in [4.78, 5) is 3.78. The Morgan fingerprint density at radius 3 is 2.76 bits per heavy atom. The van der Waals surface area contributed by atoms with Crippen LogP contribution in [-0.4, -0.2) is 29.8 Å². The number of hydrogen-bond donors (Lipinski definition) is 1. The lowest BCUT2D eigenvalue weighted by Crippen LogP contribution is -2.19. The second-order valence-electron chi connectivity index (χ2n) is 4.49. The molecule has 0 spiro atoms.